The molecular formula is C37H46FNO2. The normalized spacial score (nSPS) is 21.5. The van der Waals surface area contributed by atoms with Crippen molar-refractivity contribution in [3.05, 3.63) is 87.5 Å². The van der Waals surface area contributed by atoms with Crippen molar-refractivity contribution in [2.45, 2.75) is 110 Å². The van der Waals surface area contributed by atoms with Crippen LogP contribution < -0.4 is 0 Å². The summed E-state index contributed by atoms with van der Waals surface area (Å²) in [5, 5.41) is 0. The summed E-state index contributed by atoms with van der Waals surface area (Å²) in [5.41, 5.74) is 9.31. The van der Waals surface area contributed by atoms with Gasteiger partial charge in [0.15, 0.2) is 0 Å². The lowest BCUT2D eigenvalue weighted by Crippen LogP contribution is -2.26. The molecular weight excluding hydrogens is 509 g/mol. The zero-order valence-corrected chi connectivity index (χ0v) is 25.6. The maximum atomic E-state index is 15.6. The Labute approximate surface area is 246 Å². The Morgan fingerprint density at radius 3 is 2.51 bits per heavy atom. The topological polar surface area (TPSA) is 39.2 Å². The molecule has 41 heavy (non-hydrogen) atoms. The van der Waals surface area contributed by atoms with Gasteiger partial charge in [0, 0.05) is 28.8 Å². The highest BCUT2D eigenvalue weighted by molar-refractivity contribution is 5.85. The van der Waals surface area contributed by atoms with E-state index >= 15 is 4.39 Å². The Morgan fingerprint density at radius 2 is 1.83 bits per heavy atom. The molecule has 2 unspecified atom stereocenters. The summed E-state index contributed by atoms with van der Waals surface area (Å²) >= 11 is 0. The van der Waals surface area contributed by atoms with Crippen LogP contribution in [0.5, 0.6) is 0 Å². The quantitative estimate of drug-likeness (QED) is 0.325. The maximum absolute atomic E-state index is 15.6. The largest absolute Gasteiger partial charge is 0.493 e. The molecule has 1 aromatic heterocycles. The second-order valence-electron chi connectivity index (χ2n) is 12.7. The van der Waals surface area contributed by atoms with E-state index in [-0.39, 0.29) is 11.7 Å². The van der Waals surface area contributed by atoms with Crippen LogP contribution in [0.3, 0.4) is 0 Å². The third-order valence-corrected chi connectivity index (χ3v) is 9.81. The van der Waals surface area contributed by atoms with Gasteiger partial charge in [0.05, 0.1) is 5.69 Å². The highest BCUT2D eigenvalue weighted by atomic mass is 19.1. The van der Waals surface area contributed by atoms with E-state index in [2.05, 4.69) is 57.2 Å². The number of aromatic nitrogens is 1. The number of hydrogen-bond acceptors (Lipinski definition) is 3. The first kappa shape index (κ1) is 29.5. The molecule has 1 aliphatic heterocycles. The Kier molecular flexibility index (Phi) is 8.97. The number of hydrogen-bond donors (Lipinski definition) is 0. The number of benzene rings is 1. The van der Waals surface area contributed by atoms with E-state index in [1.165, 1.54) is 16.7 Å². The van der Waals surface area contributed by atoms with Crippen LogP contribution in [-0.4, -0.2) is 23.0 Å². The van der Waals surface area contributed by atoms with E-state index in [0.29, 0.717) is 31.8 Å². The predicted octanol–water partition coefficient (Wildman–Crippen LogP) is 9.71. The van der Waals surface area contributed by atoms with Gasteiger partial charge in [-0.25, -0.2) is 4.39 Å². The molecule has 0 amide bonds. The number of nitrogens with zero attached hydrogens (tertiary/aromatic N) is 1. The molecule has 0 spiro atoms. The van der Waals surface area contributed by atoms with E-state index in [1.807, 2.05) is 13.1 Å². The van der Waals surface area contributed by atoms with E-state index in [1.54, 1.807) is 6.92 Å². The Hall–Kier alpha value is -3.01. The number of ketones is 1. The van der Waals surface area contributed by atoms with Crippen LogP contribution in [0.2, 0.25) is 0 Å². The minimum Gasteiger partial charge on any atom is -0.493 e. The molecule has 0 radical (unpaired) electrons. The van der Waals surface area contributed by atoms with Gasteiger partial charge in [-0.3, -0.25) is 9.78 Å². The third kappa shape index (κ3) is 6.42. The molecule has 2 aromatic rings. The highest BCUT2D eigenvalue weighted by Gasteiger charge is 2.32. The van der Waals surface area contributed by atoms with Crippen LogP contribution in [0, 0.1) is 5.92 Å². The number of Topliss-reactive ketones (excluding diaryl/α,β-unsaturated/α-hetero) is 1. The number of ether oxygens (including phenoxy) is 1. The number of rotatable bonds is 8. The Morgan fingerprint density at radius 1 is 1.10 bits per heavy atom. The molecule has 0 bridgehead atoms. The minimum absolute atomic E-state index is 0.0712. The monoisotopic (exact) mass is 555 g/mol. The first-order valence-electron chi connectivity index (χ1n) is 15.7. The summed E-state index contributed by atoms with van der Waals surface area (Å²) < 4.78 is 21.6. The lowest BCUT2D eigenvalue weighted by atomic mass is 9.80. The van der Waals surface area contributed by atoms with Gasteiger partial charge in [0.1, 0.15) is 23.8 Å². The Balaban J connectivity index is 1.51. The van der Waals surface area contributed by atoms with Crippen molar-refractivity contribution in [2.24, 2.45) is 5.92 Å². The average Bonchev–Trinajstić information content (AvgIpc) is 3.14. The van der Waals surface area contributed by atoms with Gasteiger partial charge in [-0.1, -0.05) is 56.5 Å². The molecule has 218 valence electrons. The predicted molar refractivity (Wildman–Crippen MR) is 166 cm³/mol. The summed E-state index contributed by atoms with van der Waals surface area (Å²) in [7, 11) is 0. The third-order valence-electron chi connectivity index (χ3n) is 9.81. The second-order valence-corrected chi connectivity index (χ2v) is 12.7. The molecule has 0 saturated heterocycles. The van der Waals surface area contributed by atoms with Crippen molar-refractivity contribution >= 4 is 16.9 Å². The highest BCUT2D eigenvalue weighted by Crippen LogP contribution is 2.41. The molecule has 2 heterocycles. The molecule has 3 nitrogen and oxygen atoms in total. The molecule has 4 heteroatoms. The summed E-state index contributed by atoms with van der Waals surface area (Å²) in [4.78, 5) is 17.3. The van der Waals surface area contributed by atoms with Gasteiger partial charge in [-0.2, -0.15) is 0 Å². The number of pyridine rings is 1. The molecule has 1 fully saturated rings. The molecule has 1 aromatic carbocycles. The van der Waals surface area contributed by atoms with Gasteiger partial charge >= 0.3 is 0 Å². The average molecular weight is 556 g/mol. The van der Waals surface area contributed by atoms with Gasteiger partial charge < -0.3 is 4.74 Å². The standard InChI is InChI=1S/C37H46FNO2/c1-6-33(26(4)40)29-12-14-30(15-13-29)34-20-28(16-19-37(38)17-8-7-9-18-37)10-11-31-21-32(22-39-36(31)34)35-25(3)24(2)23-41-27(35)5/h12-15,20-22,28,33H,6-11,16-19,23H2,1-5H3. The zero-order valence-electron chi connectivity index (χ0n) is 25.6. The van der Waals surface area contributed by atoms with Crippen molar-refractivity contribution in [1.29, 1.82) is 0 Å². The van der Waals surface area contributed by atoms with E-state index < -0.39 is 5.67 Å². The molecule has 0 N–H and O–H groups in total. The first-order valence-corrected chi connectivity index (χ1v) is 15.7. The smallest absolute Gasteiger partial charge is 0.137 e. The van der Waals surface area contributed by atoms with Gasteiger partial charge in [0.2, 0.25) is 0 Å². The number of carbonyl (C=O) groups is 1. The molecule has 1 saturated carbocycles. The number of carbonyl (C=O) groups excluding carboxylic acids is 1. The van der Waals surface area contributed by atoms with Crippen LogP contribution in [0.15, 0.2) is 59.5 Å². The minimum atomic E-state index is -1.01. The summed E-state index contributed by atoms with van der Waals surface area (Å²) in [6.45, 7) is 10.7. The summed E-state index contributed by atoms with van der Waals surface area (Å²) in [6.07, 6.45) is 13.2. The van der Waals surface area contributed by atoms with Crippen LogP contribution in [0.25, 0.3) is 11.1 Å². The van der Waals surface area contributed by atoms with Crippen LogP contribution in [0.1, 0.15) is 126 Å². The fraction of sp³-hybridized carbons (Fsp3) is 0.514. The van der Waals surface area contributed by atoms with Gasteiger partial charge in [-0.15, -0.1) is 0 Å². The SMILES string of the molecule is CCC(C(C)=O)c1ccc(C2=CC(CCC3(F)CCCCC3)CCc3cc(C4=C(C)OCC(C)=C4C)cnc32)cc1. The van der Waals surface area contributed by atoms with Crippen LogP contribution in [-0.2, 0) is 16.0 Å². The molecule has 2 atom stereocenters. The fourth-order valence-corrected chi connectivity index (χ4v) is 7.11. The lowest BCUT2D eigenvalue weighted by molar-refractivity contribution is -0.118. The van der Waals surface area contributed by atoms with Gasteiger partial charge in [0.25, 0.3) is 0 Å². The summed E-state index contributed by atoms with van der Waals surface area (Å²) in [6, 6.07) is 10.8. The van der Waals surface area contributed by atoms with E-state index in [9.17, 15) is 4.79 Å². The Bertz CT molecular complexity index is 1370. The van der Waals surface area contributed by atoms with E-state index in [4.69, 9.17) is 9.72 Å². The maximum Gasteiger partial charge on any atom is 0.137 e. The van der Waals surface area contributed by atoms with Crippen LogP contribution >= 0.6 is 0 Å². The van der Waals surface area contributed by atoms with Crippen molar-refractivity contribution in [3.63, 3.8) is 0 Å². The number of aryl methyl sites for hydroxylation is 1. The molecule has 2 aliphatic carbocycles. The van der Waals surface area contributed by atoms with Crippen molar-refractivity contribution in [3.8, 4) is 0 Å². The van der Waals surface area contributed by atoms with Crippen molar-refractivity contribution in [1.82, 2.24) is 4.98 Å². The number of fused-ring (bicyclic) bond motifs is 1. The number of halogens is 1. The lowest BCUT2D eigenvalue weighted by Gasteiger charge is -2.30. The summed E-state index contributed by atoms with van der Waals surface area (Å²) in [5.74, 6) is 1.37. The fourth-order valence-electron chi connectivity index (χ4n) is 7.11. The number of alkyl halides is 1. The van der Waals surface area contributed by atoms with Gasteiger partial charge in [-0.05, 0) is 112 Å². The second kappa shape index (κ2) is 12.5. The van der Waals surface area contributed by atoms with E-state index in [0.717, 1.165) is 84.2 Å². The number of allylic oxidation sites excluding steroid dienone is 4. The van der Waals surface area contributed by atoms with Crippen molar-refractivity contribution < 1.29 is 13.9 Å². The van der Waals surface area contributed by atoms with Crippen molar-refractivity contribution in [2.75, 3.05) is 6.61 Å². The first-order chi connectivity index (χ1) is 19.7. The zero-order chi connectivity index (χ0) is 29.1. The molecule has 5 rings (SSSR count). The van der Waals surface area contributed by atoms with Crippen LogP contribution in [0.4, 0.5) is 4.39 Å². The molecule has 3 aliphatic rings.